The zero-order valence-corrected chi connectivity index (χ0v) is 18.6. The van der Waals surface area contributed by atoms with Gasteiger partial charge in [0.15, 0.2) is 0 Å². The lowest BCUT2D eigenvalue weighted by atomic mass is 9.98. The summed E-state index contributed by atoms with van der Waals surface area (Å²) in [7, 11) is -5.69. The summed E-state index contributed by atoms with van der Waals surface area (Å²) < 4.78 is 63.1. The van der Waals surface area contributed by atoms with Gasteiger partial charge in [-0.1, -0.05) is 36.4 Å². The smallest absolute Gasteiger partial charge is 0.355 e. The predicted molar refractivity (Wildman–Crippen MR) is 118 cm³/mol. The summed E-state index contributed by atoms with van der Waals surface area (Å²) in [5.41, 5.74) is -4.13. The standard InChI is InChI=1S/C12H12F3NO3S.C11H13NO/c13-12(14,15)20(17,18)19-11-10(6-3-7-16-11)8-9-4-1-2-5-9;13-11-10(6-3-7-12-11)8-9-4-1-2-5-9/h1-3,6-7,9H,4-5,8H2;1-3,6-7,9H,4-5,8H2,(H,12,13). The van der Waals surface area contributed by atoms with Gasteiger partial charge in [0.2, 0.25) is 5.88 Å². The van der Waals surface area contributed by atoms with Gasteiger partial charge in [0, 0.05) is 23.5 Å². The number of H-pyrrole nitrogens is 1. The van der Waals surface area contributed by atoms with E-state index in [9.17, 15) is 26.4 Å². The Morgan fingerprint density at radius 2 is 1.48 bits per heavy atom. The van der Waals surface area contributed by atoms with Crippen LogP contribution < -0.4 is 9.74 Å². The van der Waals surface area contributed by atoms with Gasteiger partial charge in [-0.15, -0.1) is 0 Å². The molecule has 2 aromatic rings. The van der Waals surface area contributed by atoms with Crippen molar-refractivity contribution >= 4 is 10.1 Å². The van der Waals surface area contributed by atoms with Crippen LogP contribution in [0, 0.1) is 11.8 Å². The molecule has 6 nitrogen and oxygen atoms in total. The van der Waals surface area contributed by atoms with Crippen molar-refractivity contribution in [3.63, 3.8) is 0 Å². The van der Waals surface area contributed by atoms with Gasteiger partial charge in [0.25, 0.3) is 5.56 Å². The van der Waals surface area contributed by atoms with Gasteiger partial charge in [-0.05, 0) is 62.5 Å². The summed E-state index contributed by atoms with van der Waals surface area (Å²) in [6, 6.07) is 6.85. The normalized spacial score (nSPS) is 16.6. The highest BCUT2D eigenvalue weighted by atomic mass is 32.2. The Bertz CT molecular complexity index is 1140. The third-order valence-electron chi connectivity index (χ3n) is 5.45. The monoisotopic (exact) mass is 482 g/mol. The molecule has 33 heavy (non-hydrogen) atoms. The van der Waals surface area contributed by atoms with E-state index >= 15 is 0 Å². The molecule has 2 aliphatic carbocycles. The molecule has 0 unspecified atom stereocenters. The molecule has 0 aliphatic heterocycles. The van der Waals surface area contributed by atoms with Crippen LogP contribution in [-0.2, 0) is 23.0 Å². The van der Waals surface area contributed by atoms with Crippen molar-refractivity contribution in [3.05, 3.63) is 82.4 Å². The molecule has 0 radical (unpaired) electrons. The topological polar surface area (TPSA) is 89.1 Å². The lowest BCUT2D eigenvalue weighted by molar-refractivity contribution is -0.0501. The largest absolute Gasteiger partial charge is 0.534 e. The number of hydrogen-bond donors (Lipinski definition) is 1. The first kappa shape index (κ1) is 24.8. The Balaban J connectivity index is 0.000000203. The summed E-state index contributed by atoms with van der Waals surface area (Å²) in [4.78, 5) is 17.6. The summed E-state index contributed by atoms with van der Waals surface area (Å²) in [5, 5.41) is 0. The highest BCUT2D eigenvalue weighted by molar-refractivity contribution is 7.87. The molecule has 2 aromatic heterocycles. The van der Waals surface area contributed by atoms with Gasteiger partial charge in [0.05, 0.1) is 0 Å². The highest BCUT2D eigenvalue weighted by Crippen LogP contribution is 2.30. The van der Waals surface area contributed by atoms with Crippen molar-refractivity contribution in [3.8, 4) is 5.88 Å². The summed E-state index contributed by atoms with van der Waals surface area (Å²) in [5.74, 6) is 0.371. The van der Waals surface area contributed by atoms with Crippen LogP contribution in [0.5, 0.6) is 5.88 Å². The van der Waals surface area contributed by atoms with Crippen LogP contribution >= 0.6 is 0 Å². The van der Waals surface area contributed by atoms with E-state index in [1.165, 1.54) is 18.3 Å². The van der Waals surface area contributed by atoms with E-state index in [0.29, 0.717) is 17.9 Å². The molecule has 10 heteroatoms. The van der Waals surface area contributed by atoms with Crippen LogP contribution in [0.25, 0.3) is 0 Å². The van der Waals surface area contributed by atoms with Crippen molar-refractivity contribution in [2.24, 2.45) is 11.8 Å². The Kier molecular flexibility index (Phi) is 8.12. The number of nitrogens with zero attached hydrogens (tertiary/aromatic N) is 1. The maximum absolute atomic E-state index is 12.3. The number of aromatic nitrogens is 2. The fourth-order valence-corrected chi connectivity index (χ4v) is 4.18. The van der Waals surface area contributed by atoms with Crippen LogP contribution in [0.4, 0.5) is 13.2 Å². The van der Waals surface area contributed by atoms with Crippen LogP contribution in [0.15, 0.2) is 65.8 Å². The van der Waals surface area contributed by atoms with E-state index in [4.69, 9.17) is 0 Å². The number of aromatic amines is 1. The minimum Gasteiger partial charge on any atom is -0.355 e. The summed E-state index contributed by atoms with van der Waals surface area (Å²) in [6.07, 6.45) is 16.4. The third kappa shape index (κ3) is 7.05. The number of pyridine rings is 2. The molecule has 0 saturated heterocycles. The maximum Gasteiger partial charge on any atom is 0.534 e. The lowest BCUT2D eigenvalue weighted by Crippen LogP contribution is -2.28. The van der Waals surface area contributed by atoms with Crippen molar-refractivity contribution < 1.29 is 25.8 Å². The van der Waals surface area contributed by atoms with Gasteiger partial charge >= 0.3 is 15.6 Å². The number of halogens is 3. The molecular weight excluding hydrogens is 457 g/mol. The van der Waals surface area contributed by atoms with Crippen molar-refractivity contribution in [2.45, 2.75) is 44.0 Å². The first-order valence-electron chi connectivity index (χ1n) is 10.6. The first-order valence-corrected chi connectivity index (χ1v) is 12.0. The Hall–Kier alpha value is -2.88. The molecule has 0 saturated carbocycles. The highest BCUT2D eigenvalue weighted by Gasteiger charge is 2.49. The van der Waals surface area contributed by atoms with Crippen LogP contribution in [0.2, 0.25) is 0 Å². The van der Waals surface area contributed by atoms with Crippen LogP contribution in [0.1, 0.15) is 36.8 Å². The second-order valence-electron chi connectivity index (χ2n) is 8.00. The van der Waals surface area contributed by atoms with Crippen molar-refractivity contribution in [1.82, 2.24) is 9.97 Å². The third-order valence-corrected chi connectivity index (χ3v) is 6.39. The molecule has 2 heterocycles. The van der Waals surface area contributed by atoms with Gasteiger partial charge in [-0.3, -0.25) is 4.79 Å². The molecule has 2 aliphatic rings. The van der Waals surface area contributed by atoms with E-state index < -0.39 is 21.5 Å². The predicted octanol–water partition coefficient (Wildman–Crippen LogP) is 4.70. The molecular formula is C23H25F3N2O4S. The molecule has 1 N–H and O–H groups in total. The molecule has 178 valence electrons. The summed E-state index contributed by atoms with van der Waals surface area (Å²) >= 11 is 0. The number of hydrogen-bond acceptors (Lipinski definition) is 5. The van der Waals surface area contributed by atoms with E-state index in [-0.39, 0.29) is 11.5 Å². The first-order chi connectivity index (χ1) is 15.7. The minimum atomic E-state index is -5.69. The van der Waals surface area contributed by atoms with Gasteiger partial charge in [-0.2, -0.15) is 21.6 Å². The second-order valence-corrected chi connectivity index (χ2v) is 9.54. The molecule has 0 spiro atoms. The van der Waals surface area contributed by atoms with Gasteiger partial charge < -0.3 is 9.17 Å². The van der Waals surface area contributed by atoms with Crippen LogP contribution in [-0.4, -0.2) is 23.9 Å². The Labute approximate surface area is 190 Å². The summed E-state index contributed by atoms with van der Waals surface area (Å²) in [6.45, 7) is 0. The fraction of sp³-hybridized carbons (Fsp3) is 0.391. The Morgan fingerprint density at radius 3 is 2.03 bits per heavy atom. The van der Waals surface area contributed by atoms with Gasteiger partial charge in [0.1, 0.15) is 0 Å². The van der Waals surface area contributed by atoms with E-state index in [1.807, 2.05) is 24.3 Å². The molecule has 0 bridgehead atoms. The average molecular weight is 483 g/mol. The molecule has 4 rings (SSSR count). The van der Waals surface area contributed by atoms with Gasteiger partial charge in [-0.25, -0.2) is 4.98 Å². The van der Waals surface area contributed by atoms with Crippen molar-refractivity contribution in [1.29, 1.82) is 0 Å². The molecule has 0 fully saturated rings. The van der Waals surface area contributed by atoms with E-state index in [2.05, 4.69) is 26.3 Å². The maximum atomic E-state index is 12.3. The molecule has 0 amide bonds. The zero-order chi connectivity index (χ0) is 23.9. The zero-order valence-electron chi connectivity index (χ0n) is 17.8. The molecule has 0 aromatic carbocycles. The SMILES string of the molecule is O=S(=O)(Oc1ncccc1CC1CC=CC1)C(F)(F)F.O=c1[nH]cccc1CC1CC=CC1. The van der Waals surface area contributed by atoms with Crippen molar-refractivity contribution in [2.75, 3.05) is 0 Å². The second kappa shape index (κ2) is 10.8. The van der Waals surface area contributed by atoms with E-state index in [1.54, 1.807) is 6.20 Å². The number of allylic oxidation sites excluding steroid dienone is 4. The average Bonchev–Trinajstić information content (AvgIpc) is 3.45. The van der Waals surface area contributed by atoms with E-state index in [0.717, 1.165) is 37.7 Å². The van der Waals surface area contributed by atoms with Crippen LogP contribution in [0.3, 0.4) is 0 Å². The minimum absolute atomic E-state index is 0.0643. The fourth-order valence-electron chi connectivity index (χ4n) is 3.73. The lowest BCUT2D eigenvalue weighted by Gasteiger charge is -2.14. The Morgan fingerprint density at radius 1 is 0.939 bits per heavy atom. The number of rotatable bonds is 6. The molecule has 0 atom stereocenters. The number of nitrogens with one attached hydrogen (secondary N) is 1. The number of alkyl halides is 3. The quantitative estimate of drug-likeness (QED) is 0.366.